The first-order valence-electron chi connectivity index (χ1n) is 5.03. The lowest BCUT2D eigenvalue weighted by Crippen LogP contribution is -1.90. The minimum Gasteiger partial charge on any atom is -0.398 e. The van der Waals surface area contributed by atoms with Crippen LogP contribution in [0.3, 0.4) is 0 Å². The van der Waals surface area contributed by atoms with Crippen molar-refractivity contribution in [3.63, 3.8) is 0 Å². The number of nitrogen functional groups attached to an aromatic ring is 1. The molecule has 0 unspecified atom stereocenters. The summed E-state index contributed by atoms with van der Waals surface area (Å²) in [6.07, 6.45) is 3.00. The molecule has 0 atom stereocenters. The zero-order valence-electron chi connectivity index (χ0n) is 8.58. The summed E-state index contributed by atoms with van der Waals surface area (Å²) in [5, 5.41) is 9.35. The Balaban J connectivity index is 2.37. The Kier molecular flexibility index (Phi) is 5.91. The summed E-state index contributed by atoms with van der Waals surface area (Å²) in [4.78, 5) is 0.975. The zero-order chi connectivity index (χ0) is 11.1. The maximum Gasteiger partial charge on any atom is 0.0562 e. The van der Waals surface area contributed by atoms with Gasteiger partial charge in [-0.05, 0) is 30.7 Å². The van der Waals surface area contributed by atoms with E-state index in [4.69, 9.17) is 22.4 Å². The van der Waals surface area contributed by atoms with Crippen LogP contribution in [-0.4, -0.2) is 17.5 Å². The molecule has 0 fully saturated rings. The summed E-state index contributed by atoms with van der Waals surface area (Å²) in [6.45, 7) is 0.277. The molecule has 1 rings (SSSR count). The average Bonchev–Trinajstić information content (AvgIpc) is 2.21. The number of benzene rings is 1. The number of halogens is 1. The Hall–Kier alpha value is -0.380. The molecule has 0 aliphatic heterocycles. The highest BCUT2D eigenvalue weighted by atomic mass is 35.5. The zero-order valence-corrected chi connectivity index (χ0v) is 10.2. The van der Waals surface area contributed by atoms with Crippen LogP contribution in [0.25, 0.3) is 0 Å². The maximum atomic E-state index is 8.62. The van der Waals surface area contributed by atoms with Crippen LogP contribution in [0.4, 0.5) is 5.69 Å². The number of hydrogen-bond donors (Lipinski definition) is 2. The van der Waals surface area contributed by atoms with Crippen molar-refractivity contribution in [3.8, 4) is 0 Å². The van der Waals surface area contributed by atoms with E-state index in [1.54, 1.807) is 11.8 Å². The third-order valence-electron chi connectivity index (χ3n) is 2.05. The second kappa shape index (κ2) is 6.99. The number of aliphatic hydroxyl groups is 1. The number of unbranched alkanes of at least 4 members (excludes halogenated alkanes) is 2. The minimum absolute atomic E-state index is 0.277. The van der Waals surface area contributed by atoms with Crippen molar-refractivity contribution in [2.75, 3.05) is 18.1 Å². The van der Waals surface area contributed by atoms with E-state index >= 15 is 0 Å². The molecule has 3 N–H and O–H groups in total. The fourth-order valence-corrected chi connectivity index (χ4v) is 2.58. The molecule has 0 aromatic heterocycles. The van der Waals surface area contributed by atoms with Gasteiger partial charge in [-0.2, -0.15) is 0 Å². The largest absolute Gasteiger partial charge is 0.398 e. The van der Waals surface area contributed by atoms with Crippen molar-refractivity contribution in [2.24, 2.45) is 0 Å². The predicted octanol–water partition coefficient (Wildman–Crippen LogP) is 3.18. The molecule has 0 amide bonds. The molecule has 2 nitrogen and oxygen atoms in total. The minimum atomic E-state index is 0.277. The van der Waals surface area contributed by atoms with Gasteiger partial charge in [0.25, 0.3) is 0 Å². The van der Waals surface area contributed by atoms with Gasteiger partial charge in [-0.25, -0.2) is 0 Å². The normalized spacial score (nSPS) is 10.5. The highest BCUT2D eigenvalue weighted by molar-refractivity contribution is 7.99. The lowest BCUT2D eigenvalue weighted by molar-refractivity contribution is 0.284. The highest BCUT2D eigenvalue weighted by Crippen LogP contribution is 2.32. The van der Waals surface area contributed by atoms with E-state index in [0.29, 0.717) is 0 Å². The third-order valence-corrected chi connectivity index (χ3v) is 3.71. The lowest BCUT2D eigenvalue weighted by atomic mass is 10.3. The van der Waals surface area contributed by atoms with Gasteiger partial charge in [-0.15, -0.1) is 11.8 Å². The molecule has 4 heteroatoms. The van der Waals surface area contributed by atoms with Gasteiger partial charge < -0.3 is 10.8 Å². The number of thioether (sulfide) groups is 1. The van der Waals surface area contributed by atoms with Crippen LogP contribution in [0.2, 0.25) is 5.02 Å². The van der Waals surface area contributed by atoms with E-state index < -0.39 is 0 Å². The average molecular weight is 246 g/mol. The molecule has 0 saturated carbocycles. The van der Waals surface area contributed by atoms with Crippen molar-refractivity contribution < 1.29 is 5.11 Å². The van der Waals surface area contributed by atoms with E-state index in [0.717, 1.165) is 40.6 Å². The monoisotopic (exact) mass is 245 g/mol. The molecule has 0 saturated heterocycles. The summed E-state index contributed by atoms with van der Waals surface area (Å²) in [5.41, 5.74) is 6.56. The number of anilines is 1. The van der Waals surface area contributed by atoms with Gasteiger partial charge in [-0.1, -0.05) is 24.1 Å². The van der Waals surface area contributed by atoms with Crippen molar-refractivity contribution >= 4 is 29.1 Å². The Morgan fingerprint density at radius 3 is 2.73 bits per heavy atom. The second-order valence-electron chi connectivity index (χ2n) is 3.29. The van der Waals surface area contributed by atoms with Crippen LogP contribution in [0.1, 0.15) is 19.3 Å². The van der Waals surface area contributed by atoms with Crippen molar-refractivity contribution in [3.05, 3.63) is 23.2 Å². The second-order valence-corrected chi connectivity index (χ2v) is 4.80. The quantitative estimate of drug-likeness (QED) is 0.460. The fourth-order valence-electron chi connectivity index (χ4n) is 1.24. The van der Waals surface area contributed by atoms with Crippen LogP contribution in [0, 0.1) is 0 Å². The van der Waals surface area contributed by atoms with Gasteiger partial charge in [0.15, 0.2) is 0 Å². The molecule has 0 radical (unpaired) electrons. The SMILES string of the molecule is Nc1cccc(Cl)c1SCCCCCO. The number of aliphatic hydroxyl groups excluding tert-OH is 1. The highest BCUT2D eigenvalue weighted by Gasteiger charge is 2.04. The van der Waals surface area contributed by atoms with Gasteiger partial charge in [0.2, 0.25) is 0 Å². The Morgan fingerprint density at radius 1 is 1.27 bits per heavy atom. The Morgan fingerprint density at radius 2 is 2.07 bits per heavy atom. The summed E-state index contributed by atoms with van der Waals surface area (Å²) in [6, 6.07) is 5.57. The molecule has 0 aliphatic carbocycles. The molecule has 0 aliphatic rings. The molecular weight excluding hydrogens is 230 g/mol. The molecule has 1 aromatic carbocycles. The lowest BCUT2D eigenvalue weighted by Gasteiger charge is -2.06. The fraction of sp³-hybridized carbons (Fsp3) is 0.455. The predicted molar refractivity (Wildman–Crippen MR) is 67.5 cm³/mol. The van der Waals surface area contributed by atoms with Crippen LogP contribution < -0.4 is 5.73 Å². The molecule has 1 aromatic rings. The molecule has 15 heavy (non-hydrogen) atoms. The Bertz CT molecular complexity index is 286. The topological polar surface area (TPSA) is 46.2 Å². The van der Waals surface area contributed by atoms with Crippen LogP contribution in [-0.2, 0) is 0 Å². The van der Waals surface area contributed by atoms with Crippen molar-refractivity contribution in [1.29, 1.82) is 0 Å². The van der Waals surface area contributed by atoms with Crippen molar-refractivity contribution in [2.45, 2.75) is 24.2 Å². The number of nitrogens with two attached hydrogens (primary N) is 1. The van der Waals surface area contributed by atoms with Gasteiger partial charge >= 0.3 is 0 Å². The molecule has 0 heterocycles. The van der Waals surface area contributed by atoms with Crippen molar-refractivity contribution in [1.82, 2.24) is 0 Å². The van der Waals surface area contributed by atoms with Gasteiger partial charge in [0.1, 0.15) is 0 Å². The first kappa shape index (κ1) is 12.7. The van der Waals surface area contributed by atoms with E-state index in [2.05, 4.69) is 0 Å². The van der Waals surface area contributed by atoms with Crippen LogP contribution in [0.15, 0.2) is 23.1 Å². The molecule has 84 valence electrons. The number of rotatable bonds is 6. The summed E-state index contributed by atoms with van der Waals surface area (Å²) in [5.74, 6) is 0.994. The molecular formula is C11H16ClNOS. The summed E-state index contributed by atoms with van der Waals surface area (Å²) in [7, 11) is 0. The van der Waals surface area contributed by atoms with E-state index in [-0.39, 0.29) is 6.61 Å². The maximum absolute atomic E-state index is 8.62. The van der Waals surface area contributed by atoms with Gasteiger partial charge in [-0.3, -0.25) is 0 Å². The van der Waals surface area contributed by atoms with Gasteiger partial charge in [0.05, 0.1) is 5.02 Å². The smallest absolute Gasteiger partial charge is 0.0562 e. The van der Waals surface area contributed by atoms with E-state index in [9.17, 15) is 0 Å². The van der Waals surface area contributed by atoms with E-state index in [1.165, 1.54) is 0 Å². The third kappa shape index (κ3) is 4.33. The Labute approximate surface area is 99.8 Å². The molecule has 0 spiro atoms. The van der Waals surface area contributed by atoms with Crippen LogP contribution in [0.5, 0.6) is 0 Å². The summed E-state index contributed by atoms with van der Waals surface area (Å²) < 4.78 is 0. The molecule has 0 bridgehead atoms. The van der Waals surface area contributed by atoms with Crippen LogP contribution >= 0.6 is 23.4 Å². The number of hydrogen-bond acceptors (Lipinski definition) is 3. The standard InChI is InChI=1S/C11H16ClNOS/c12-9-5-4-6-10(13)11(9)15-8-3-1-2-7-14/h4-6,14H,1-3,7-8,13H2. The van der Waals surface area contributed by atoms with E-state index in [1.807, 2.05) is 18.2 Å². The summed E-state index contributed by atoms with van der Waals surface area (Å²) >= 11 is 7.71. The first-order valence-corrected chi connectivity index (χ1v) is 6.39. The first-order chi connectivity index (χ1) is 7.25. The van der Waals surface area contributed by atoms with Gasteiger partial charge in [0, 0.05) is 17.2 Å².